The Kier molecular flexibility index (Phi) is 2.72. The number of rotatable bonds is 0. The van der Waals surface area contributed by atoms with Crippen LogP contribution in [-0.2, 0) is 24.7 Å². The third-order valence-corrected chi connectivity index (χ3v) is 5.04. The molecule has 24 heavy (non-hydrogen) atoms. The van der Waals surface area contributed by atoms with Crippen LogP contribution >= 0.6 is 0 Å². The van der Waals surface area contributed by atoms with Gasteiger partial charge in [-0.05, 0) is 38.9 Å². The highest BCUT2D eigenvalue weighted by atomic mass is 16.7. The zero-order chi connectivity index (χ0) is 16.3. The average Bonchev–Trinajstić information content (AvgIpc) is 2.97. The second-order valence-electron chi connectivity index (χ2n) is 6.31. The zero-order valence-electron chi connectivity index (χ0n) is 12.9. The van der Waals surface area contributed by atoms with Gasteiger partial charge in [-0.25, -0.2) is 0 Å². The number of ether oxygens (including phenoxy) is 2. The second kappa shape index (κ2) is 4.72. The monoisotopic (exact) mass is 318 g/mol. The van der Waals surface area contributed by atoms with E-state index in [-0.39, 0.29) is 25.0 Å². The largest absolute Gasteiger partial charge is 0.347 e. The van der Waals surface area contributed by atoms with Crippen LogP contribution in [0.15, 0.2) is 30.3 Å². The van der Waals surface area contributed by atoms with Gasteiger partial charge in [0.25, 0.3) is 0 Å². The first-order chi connectivity index (χ1) is 11.7. The number of carbonyl (C=O) groups is 2. The van der Waals surface area contributed by atoms with E-state index in [4.69, 9.17) is 9.47 Å². The molecule has 1 atom stereocenters. The van der Waals surface area contributed by atoms with Crippen molar-refractivity contribution in [2.75, 3.05) is 13.4 Å². The number of fused-ring (bicyclic) bond motifs is 6. The molecule has 2 aromatic rings. The van der Waals surface area contributed by atoms with E-state index in [1.165, 1.54) is 0 Å². The lowest BCUT2D eigenvalue weighted by Gasteiger charge is -2.31. The lowest BCUT2D eigenvalue weighted by atomic mass is 9.88. The van der Waals surface area contributed by atoms with Crippen molar-refractivity contribution in [1.82, 2.24) is 0 Å². The van der Waals surface area contributed by atoms with E-state index in [2.05, 4.69) is 0 Å². The standard InChI is InChI=1S/C20H14O4/c21-13-2-4-14-12(9-13)1-3-16-15(14)5-6-18-17(16)7-8-20(18)19(22)10-23-11-24-20/h1,3-9H,2,10-11H2. The molecule has 2 aliphatic carbocycles. The first kappa shape index (κ1) is 13.8. The Morgan fingerprint density at radius 3 is 2.79 bits per heavy atom. The minimum atomic E-state index is -1.01. The second-order valence-corrected chi connectivity index (χ2v) is 6.31. The number of Topliss-reactive ketones (excluding diaryl/α,β-unsaturated/α-hetero) is 2. The molecule has 0 saturated carbocycles. The summed E-state index contributed by atoms with van der Waals surface area (Å²) in [5, 5.41) is 4.20. The van der Waals surface area contributed by atoms with Gasteiger partial charge in [-0.3, -0.25) is 9.59 Å². The third-order valence-electron chi connectivity index (χ3n) is 5.04. The fourth-order valence-corrected chi connectivity index (χ4v) is 3.88. The highest BCUT2D eigenvalue weighted by Gasteiger charge is 2.45. The summed E-state index contributed by atoms with van der Waals surface area (Å²) in [6, 6.07) is 7.97. The van der Waals surface area contributed by atoms with Crippen molar-refractivity contribution in [3.8, 4) is 0 Å². The van der Waals surface area contributed by atoms with Crippen LogP contribution in [0.1, 0.15) is 17.5 Å². The molecule has 1 spiro atoms. The van der Waals surface area contributed by atoms with E-state index in [0.717, 1.165) is 32.3 Å². The van der Waals surface area contributed by atoms with Crippen LogP contribution in [0.2, 0.25) is 0 Å². The molecule has 4 nitrogen and oxygen atoms in total. The number of ketones is 2. The van der Waals surface area contributed by atoms with Crippen molar-refractivity contribution in [2.24, 2.45) is 0 Å². The summed E-state index contributed by atoms with van der Waals surface area (Å²) in [7, 11) is 0. The lowest BCUT2D eigenvalue weighted by Crippen LogP contribution is -2.43. The molecule has 3 aliphatic rings. The van der Waals surface area contributed by atoms with Gasteiger partial charge < -0.3 is 9.47 Å². The molecule has 1 saturated heterocycles. The van der Waals surface area contributed by atoms with Gasteiger partial charge in [0, 0.05) is 12.0 Å². The quantitative estimate of drug-likeness (QED) is 0.732. The molecule has 1 heterocycles. The van der Waals surface area contributed by atoms with Crippen LogP contribution in [0.5, 0.6) is 0 Å². The van der Waals surface area contributed by atoms with Crippen LogP contribution in [-0.4, -0.2) is 25.0 Å². The summed E-state index contributed by atoms with van der Waals surface area (Å²) in [5.41, 5.74) is 0.874. The summed E-state index contributed by atoms with van der Waals surface area (Å²) < 4.78 is 10.8. The smallest absolute Gasteiger partial charge is 0.198 e. The zero-order valence-corrected chi connectivity index (χ0v) is 12.9. The molecule has 5 rings (SSSR count). The Balaban J connectivity index is 1.81. The Morgan fingerprint density at radius 2 is 1.92 bits per heavy atom. The van der Waals surface area contributed by atoms with Gasteiger partial charge in [-0.15, -0.1) is 0 Å². The van der Waals surface area contributed by atoms with Gasteiger partial charge in [-0.1, -0.05) is 36.4 Å². The van der Waals surface area contributed by atoms with Gasteiger partial charge in [0.15, 0.2) is 17.2 Å². The molecule has 2 aromatic carbocycles. The Labute approximate surface area is 137 Å². The maximum atomic E-state index is 12.4. The number of hydrogen-bond donors (Lipinski definition) is 0. The van der Waals surface area contributed by atoms with Crippen LogP contribution in [0.25, 0.3) is 29.0 Å². The molecule has 0 bridgehead atoms. The number of benzene rings is 2. The fraction of sp³-hybridized carbons (Fsp3) is 0.200. The molecule has 1 fully saturated rings. The van der Waals surface area contributed by atoms with E-state index in [0.29, 0.717) is 6.42 Å². The van der Waals surface area contributed by atoms with E-state index < -0.39 is 5.60 Å². The molecule has 0 N–H and O–H groups in total. The summed E-state index contributed by atoms with van der Waals surface area (Å²) in [6.45, 7) is 0.180. The SMILES string of the molecule is O=C1C=c2ccc3c4c(ccc3c2=CC1)C1(C=C4)OCOCC1=O. The molecule has 4 heteroatoms. The van der Waals surface area contributed by atoms with Crippen LogP contribution in [0, 0.1) is 0 Å². The highest BCUT2D eigenvalue weighted by Crippen LogP contribution is 2.42. The molecule has 1 unspecified atom stereocenters. The van der Waals surface area contributed by atoms with Crippen molar-refractivity contribution < 1.29 is 19.1 Å². The first-order valence-corrected chi connectivity index (χ1v) is 7.94. The summed E-state index contributed by atoms with van der Waals surface area (Å²) in [4.78, 5) is 24.1. The molecular weight excluding hydrogens is 304 g/mol. The maximum absolute atomic E-state index is 12.4. The number of hydrogen-bond acceptors (Lipinski definition) is 4. The van der Waals surface area contributed by atoms with Crippen molar-refractivity contribution in [1.29, 1.82) is 0 Å². The van der Waals surface area contributed by atoms with Gasteiger partial charge in [-0.2, -0.15) is 0 Å². The van der Waals surface area contributed by atoms with Crippen LogP contribution < -0.4 is 10.4 Å². The van der Waals surface area contributed by atoms with E-state index in [9.17, 15) is 9.59 Å². The van der Waals surface area contributed by atoms with Gasteiger partial charge in [0.05, 0.1) is 0 Å². The topological polar surface area (TPSA) is 52.6 Å². The van der Waals surface area contributed by atoms with Crippen molar-refractivity contribution in [3.05, 3.63) is 51.9 Å². The summed E-state index contributed by atoms with van der Waals surface area (Å²) in [5.74, 6) is 0.0506. The minimum absolute atomic E-state index is 0.0663. The van der Waals surface area contributed by atoms with Crippen molar-refractivity contribution in [3.63, 3.8) is 0 Å². The Bertz CT molecular complexity index is 1080. The molecule has 0 radical (unpaired) electrons. The molecule has 0 aromatic heterocycles. The Hall–Kier alpha value is -2.56. The van der Waals surface area contributed by atoms with Gasteiger partial charge >= 0.3 is 0 Å². The molecular formula is C20H14O4. The molecule has 0 amide bonds. The molecule has 118 valence electrons. The van der Waals surface area contributed by atoms with Gasteiger partial charge in [0.2, 0.25) is 0 Å². The summed E-state index contributed by atoms with van der Waals surface area (Å²) >= 11 is 0. The predicted octanol–water partition coefficient (Wildman–Crippen LogP) is 1.17. The summed E-state index contributed by atoms with van der Waals surface area (Å²) in [6.07, 6.45) is 7.91. The van der Waals surface area contributed by atoms with Crippen molar-refractivity contribution in [2.45, 2.75) is 12.0 Å². The molecule has 1 aliphatic heterocycles. The van der Waals surface area contributed by atoms with E-state index in [1.54, 1.807) is 6.08 Å². The highest BCUT2D eigenvalue weighted by molar-refractivity contribution is 6.10. The van der Waals surface area contributed by atoms with Crippen LogP contribution in [0.4, 0.5) is 0 Å². The first-order valence-electron chi connectivity index (χ1n) is 7.94. The van der Waals surface area contributed by atoms with E-state index >= 15 is 0 Å². The fourth-order valence-electron chi connectivity index (χ4n) is 3.88. The van der Waals surface area contributed by atoms with E-state index in [1.807, 2.05) is 42.5 Å². The van der Waals surface area contributed by atoms with Gasteiger partial charge in [0.1, 0.15) is 13.4 Å². The number of carbonyl (C=O) groups excluding carboxylic acids is 2. The van der Waals surface area contributed by atoms with Crippen molar-refractivity contribution >= 4 is 40.6 Å². The third kappa shape index (κ3) is 1.70. The Morgan fingerprint density at radius 1 is 1.04 bits per heavy atom. The average molecular weight is 318 g/mol. The lowest BCUT2D eigenvalue weighted by molar-refractivity contribution is -0.187. The predicted molar refractivity (Wildman–Crippen MR) is 89.4 cm³/mol. The normalized spacial score (nSPS) is 24.7. The minimum Gasteiger partial charge on any atom is -0.347 e. The van der Waals surface area contributed by atoms with Crippen LogP contribution in [0.3, 0.4) is 0 Å². The maximum Gasteiger partial charge on any atom is 0.198 e.